The van der Waals surface area contributed by atoms with Gasteiger partial charge in [0.05, 0.1) is 13.2 Å². The highest BCUT2D eigenvalue weighted by molar-refractivity contribution is 5.95. The fraction of sp³-hybridized carbons (Fsp3) is 0.208. The Kier molecular flexibility index (Phi) is 5.59. The molecule has 0 aliphatic carbocycles. The highest BCUT2D eigenvalue weighted by Gasteiger charge is 2.44. The number of benzene rings is 2. The van der Waals surface area contributed by atoms with Crippen LogP contribution in [0.4, 0.5) is 0 Å². The molecule has 6 nitrogen and oxygen atoms in total. The van der Waals surface area contributed by atoms with Gasteiger partial charge in [-0.15, -0.1) is 0 Å². The highest BCUT2D eigenvalue weighted by atomic mass is 16.5. The predicted molar refractivity (Wildman–Crippen MR) is 114 cm³/mol. The van der Waals surface area contributed by atoms with Gasteiger partial charge in [0.2, 0.25) is 0 Å². The van der Waals surface area contributed by atoms with E-state index in [0.29, 0.717) is 18.5 Å². The summed E-state index contributed by atoms with van der Waals surface area (Å²) in [4.78, 5) is 31.1. The zero-order chi connectivity index (χ0) is 21.0. The van der Waals surface area contributed by atoms with Crippen LogP contribution in [0.1, 0.15) is 15.9 Å². The molecule has 2 amide bonds. The number of pyridine rings is 1. The number of ether oxygens (including phenoxy) is 1. The fourth-order valence-corrected chi connectivity index (χ4v) is 3.80. The molecule has 1 fully saturated rings. The van der Waals surface area contributed by atoms with E-state index < -0.39 is 11.5 Å². The van der Waals surface area contributed by atoms with Gasteiger partial charge in [0.25, 0.3) is 11.8 Å². The molecule has 1 saturated heterocycles. The third-order valence-electron chi connectivity index (χ3n) is 5.37. The Labute approximate surface area is 175 Å². The number of rotatable bonds is 5. The van der Waals surface area contributed by atoms with Crippen molar-refractivity contribution < 1.29 is 14.3 Å². The molecule has 152 valence electrons. The van der Waals surface area contributed by atoms with E-state index in [0.717, 1.165) is 16.7 Å². The van der Waals surface area contributed by atoms with E-state index in [-0.39, 0.29) is 19.1 Å². The van der Waals surface area contributed by atoms with Crippen LogP contribution in [0.3, 0.4) is 0 Å². The molecule has 1 atom stereocenters. The number of amides is 2. The number of primary amides is 1. The Bertz CT molecular complexity index is 1040. The van der Waals surface area contributed by atoms with Gasteiger partial charge in [0.1, 0.15) is 0 Å². The summed E-state index contributed by atoms with van der Waals surface area (Å²) in [6.07, 6.45) is 3.77. The van der Waals surface area contributed by atoms with Gasteiger partial charge in [-0.05, 0) is 41.0 Å². The van der Waals surface area contributed by atoms with Crippen molar-refractivity contribution in [1.29, 1.82) is 0 Å². The standard InChI is InChI=1S/C24H23N3O3/c25-23(29)24(16-18-5-4-8-21(15-18)19-9-11-26-12-10-19)17-27(13-14-30-24)22(28)20-6-2-1-3-7-20/h1-12,15H,13-14,16-17H2,(H2,25,29)/t24-/m1/s1. The molecule has 30 heavy (non-hydrogen) atoms. The minimum absolute atomic E-state index is 0.121. The van der Waals surface area contributed by atoms with E-state index in [1.807, 2.05) is 54.6 Å². The second-order valence-electron chi connectivity index (χ2n) is 7.41. The Hall–Kier alpha value is -3.51. The highest BCUT2D eigenvalue weighted by Crippen LogP contribution is 2.27. The molecule has 0 unspecified atom stereocenters. The summed E-state index contributed by atoms with van der Waals surface area (Å²) in [6, 6.07) is 20.8. The second kappa shape index (κ2) is 8.47. The Balaban J connectivity index is 1.59. The van der Waals surface area contributed by atoms with Gasteiger partial charge in [0, 0.05) is 30.9 Å². The summed E-state index contributed by atoms with van der Waals surface area (Å²) in [5.74, 6) is -0.697. The van der Waals surface area contributed by atoms with Crippen LogP contribution in [0.15, 0.2) is 79.1 Å². The average molecular weight is 401 g/mol. The zero-order valence-corrected chi connectivity index (χ0v) is 16.5. The summed E-state index contributed by atoms with van der Waals surface area (Å²) < 4.78 is 5.91. The first-order chi connectivity index (χ1) is 14.6. The van der Waals surface area contributed by atoms with Crippen molar-refractivity contribution in [1.82, 2.24) is 9.88 Å². The van der Waals surface area contributed by atoms with Gasteiger partial charge in [-0.2, -0.15) is 0 Å². The van der Waals surface area contributed by atoms with Crippen molar-refractivity contribution in [3.05, 3.63) is 90.3 Å². The summed E-state index contributed by atoms with van der Waals surface area (Å²) in [6.45, 7) is 0.793. The average Bonchev–Trinajstić information content (AvgIpc) is 2.80. The molecule has 0 spiro atoms. The first-order valence-corrected chi connectivity index (χ1v) is 9.85. The summed E-state index contributed by atoms with van der Waals surface area (Å²) >= 11 is 0. The zero-order valence-electron chi connectivity index (χ0n) is 16.5. The van der Waals surface area contributed by atoms with Crippen molar-refractivity contribution >= 4 is 11.8 Å². The van der Waals surface area contributed by atoms with E-state index >= 15 is 0 Å². The van der Waals surface area contributed by atoms with Crippen molar-refractivity contribution in [3.8, 4) is 11.1 Å². The number of nitrogens with two attached hydrogens (primary N) is 1. The lowest BCUT2D eigenvalue weighted by molar-refractivity contribution is -0.153. The SMILES string of the molecule is NC(=O)[C@@]1(Cc2cccc(-c3ccncc3)c2)CN(C(=O)c2ccccc2)CCO1. The van der Waals surface area contributed by atoms with E-state index in [2.05, 4.69) is 4.98 Å². The second-order valence-corrected chi connectivity index (χ2v) is 7.41. The van der Waals surface area contributed by atoms with Crippen molar-refractivity contribution in [2.24, 2.45) is 5.73 Å². The molecule has 6 heteroatoms. The maximum Gasteiger partial charge on any atom is 0.254 e. The molecule has 3 aromatic rings. The topological polar surface area (TPSA) is 85.5 Å². The van der Waals surface area contributed by atoms with Gasteiger partial charge >= 0.3 is 0 Å². The van der Waals surface area contributed by atoms with Gasteiger partial charge in [0.15, 0.2) is 5.60 Å². The molecule has 0 radical (unpaired) electrons. The molecular formula is C24H23N3O3. The number of nitrogens with zero attached hydrogens (tertiary/aromatic N) is 2. The Morgan fingerprint density at radius 2 is 1.77 bits per heavy atom. The van der Waals surface area contributed by atoms with E-state index in [1.165, 1.54) is 0 Å². The summed E-state index contributed by atoms with van der Waals surface area (Å²) in [5.41, 5.74) is 8.07. The molecule has 0 bridgehead atoms. The lowest BCUT2D eigenvalue weighted by atomic mass is 9.90. The quantitative estimate of drug-likeness (QED) is 0.712. The molecule has 4 rings (SSSR count). The minimum Gasteiger partial charge on any atom is -0.367 e. The van der Waals surface area contributed by atoms with Gasteiger partial charge in [-0.25, -0.2) is 0 Å². The van der Waals surface area contributed by atoms with Crippen LogP contribution in [-0.2, 0) is 16.0 Å². The monoisotopic (exact) mass is 401 g/mol. The van der Waals surface area contributed by atoms with E-state index in [1.54, 1.807) is 29.4 Å². The lowest BCUT2D eigenvalue weighted by Gasteiger charge is -2.40. The number of carbonyl (C=O) groups excluding carboxylic acids is 2. The predicted octanol–water partition coefficient (Wildman–Crippen LogP) is 2.69. The fourth-order valence-electron chi connectivity index (χ4n) is 3.80. The smallest absolute Gasteiger partial charge is 0.254 e. The first-order valence-electron chi connectivity index (χ1n) is 9.85. The van der Waals surface area contributed by atoms with Crippen LogP contribution in [-0.4, -0.2) is 47.0 Å². The third-order valence-corrected chi connectivity index (χ3v) is 5.37. The molecule has 1 aliphatic rings. The maximum absolute atomic E-state index is 12.9. The van der Waals surface area contributed by atoms with Gasteiger partial charge in [-0.3, -0.25) is 14.6 Å². The van der Waals surface area contributed by atoms with Gasteiger partial charge < -0.3 is 15.4 Å². The van der Waals surface area contributed by atoms with Gasteiger partial charge in [-0.1, -0.05) is 42.5 Å². The molecular weight excluding hydrogens is 378 g/mol. The van der Waals surface area contributed by atoms with Crippen LogP contribution in [0.2, 0.25) is 0 Å². The van der Waals surface area contributed by atoms with Crippen LogP contribution in [0, 0.1) is 0 Å². The summed E-state index contributed by atoms with van der Waals surface area (Å²) in [5, 5.41) is 0. The van der Waals surface area contributed by atoms with Crippen LogP contribution in [0.25, 0.3) is 11.1 Å². The molecule has 1 aliphatic heterocycles. The molecule has 1 aromatic heterocycles. The van der Waals surface area contributed by atoms with Crippen LogP contribution < -0.4 is 5.73 Å². The van der Waals surface area contributed by atoms with Crippen molar-refractivity contribution in [2.45, 2.75) is 12.0 Å². The molecule has 0 saturated carbocycles. The number of morpholine rings is 1. The van der Waals surface area contributed by atoms with E-state index in [4.69, 9.17) is 10.5 Å². The number of hydrogen-bond acceptors (Lipinski definition) is 4. The Morgan fingerprint density at radius 3 is 2.50 bits per heavy atom. The van der Waals surface area contributed by atoms with Crippen LogP contribution >= 0.6 is 0 Å². The Morgan fingerprint density at radius 1 is 1.00 bits per heavy atom. The lowest BCUT2D eigenvalue weighted by Crippen LogP contribution is -2.61. The number of carbonyl (C=O) groups is 2. The largest absolute Gasteiger partial charge is 0.367 e. The van der Waals surface area contributed by atoms with E-state index in [9.17, 15) is 9.59 Å². The molecule has 2 aromatic carbocycles. The number of aromatic nitrogens is 1. The normalized spacial score (nSPS) is 18.7. The van der Waals surface area contributed by atoms with Crippen molar-refractivity contribution in [3.63, 3.8) is 0 Å². The molecule has 2 heterocycles. The minimum atomic E-state index is -1.26. The maximum atomic E-state index is 12.9. The first kappa shape index (κ1) is 19.8. The molecule has 2 N–H and O–H groups in total. The van der Waals surface area contributed by atoms with Crippen LogP contribution in [0.5, 0.6) is 0 Å². The number of hydrogen-bond donors (Lipinski definition) is 1. The van der Waals surface area contributed by atoms with Crippen molar-refractivity contribution in [2.75, 3.05) is 19.7 Å². The summed E-state index contributed by atoms with van der Waals surface area (Å²) in [7, 11) is 0. The third kappa shape index (κ3) is 4.09.